The van der Waals surface area contributed by atoms with Crippen molar-refractivity contribution in [1.29, 1.82) is 5.26 Å². The van der Waals surface area contributed by atoms with Crippen LogP contribution in [0.1, 0.15) is 28.9 Å². The van der Waals surface area contributed by atoms with Gasteiger partial charge in [0, 0.05) is 30.2 Å². The van der Waals surface area contributed by atoms with E-state index in [4.69, 9.17) is 5.26 Å². The summed E-state index contributed by atoms with van der Waals surface area (Å²) in [4.78, 5) is 19.1. The molecule has 1 fully saturated rings. The largest absolute Gasteiger partial charge is 0.372 e. The maximum atomic E-state index is 12.5. The van der Waals surface area contributed by atoms with Gasteiger partial charge in [0.05, 0.1) is 23.5 Å². The van der Waals surface area contributed by atoms with Crippen LogP contribution in [-0.4, -0.2) is 24.0 Å². The van der Waals surface area contributed by atoms with Gasteiger partial charge in [-0.1, -0.05) is 6.07 Å². The summed E-state index contributed by atoms with van der Waals surface area (Å²) < 4.78 is 0. The van der Waals surface area contributed by atoms with Crippen LogP contribution in [0.25, 0.3) is 0 Å². The van der Waals surface area contributed by atoms with E-state index in [2.05, 4.69) is 26.6 Å². The van der Waals surface area contributed by atoms with Gasteiger partial charge in [0.1, 0.15) is 5.69 Å². The average Bonchev–Trinajstić information content (AvgIpc) is 3.30. The minimum Gasteiger partial charge on any atom is -0.372 e. The summed E-state index contributed by atoms with van der Waals surface area (Å²) in [6.45, 7) is 2.19. The van der Waals surface area contributed by atoms with Crippen LogP contribution in [0, 0.1) is 11.3 Å². The van der Waals surface area contributed by atoms with Crippen molar-refractivity contribution in [1.82, 2.24) is 4.98 Å². The molecule has 1 amide bonds. The van der Waals surface area contributed by atoms with Crippen LogP contribution >= 0.6 is 0 Å². The van der Waals surface area contributed by atoms with Gasteiger partial charge in [-0.25, -0.2) is 4.98 Å². The van der Waals surface area contributed by atoms with Crippen molar-refractivity contribution in [2.75, 3.05) is 28.6 Å². The molecule has 0 radical (unpaired) electrons. The van der Waals surface area contributed by atoms with E-state index in [1.165, 1.54) is 18.5 Å². The summed E-state index contributed by atoms with van der Waals surface area (Å²) in [6, 6.07) is 20.7. The molecule has 2 heterocycles. The van der Waals surface area contributed by atoms with Crippen molar-refractivity contribution in [3.8, 4) is 6.07 Å². The lowest BCUT2D eigenvalue weighted by atomic mass is 10.2. The second kappa shape index (κ2) is 8.44. The summed E-state index contributed by atoms with van der Waals surface area (Å²) in [5.74, 6) is -0.253. The summed E-state index contributed by atoms with van der Waals surface area (Å²) in [7, 11) is 0. The number of nitrogens with one attached hydrogen (secondary N) is 2. The molecule has 0 aliphatic carbocycles. The zero-order valence-corrected chi connectivity index (χ0v) is 15.9. The number of nitriles is 1. The van der Waals surface area contributed by atoms with Crippen LogP contribution in [0.3, 0.4) is 0 Å². The normalized spacial score (nSPS) is 13.0. The smallest absolute Gasteiger partial charge is 0.274 e. The molecule has 1 aromatic heterocycles. The minimum absolute atomic E-state index is 0.253. The summed E-state index contributed by atoms with van der Waals surface area (Å²) in [6.07, 6.45) is 4.07. The van der Waals surface area contributed by atoms with Crippen molar-refractivity contribution in [3.63, 3.8) is 0 Å². The number of hydrogen-bond donors (Lipinski definition) is 2. The number of pyridine rings is 1. The fourth-order valence-electron chi connectivity index (χ4n) is 3.36. The third kappa shape index (κ3) is 4.53. The first kappa shape index (κ1) is 18.5. The highest BCUT2D eigenvalue weighted by atomic mass is 16.1. The predicted octanol–water partition coefficient (Wildman–Crippen LogP) is 4.55. The third-order valence-electron chi connectivity index (χ3n) is 4.87. The molecule has 0 unspecified atom stereocenters. The van der Waals surface area contributed by atoms with Crippen LogP contribution in [0.5, 0.6) is 0 Å². The first-order valence-corrected chi connectivity index (χ1v) is 9.61. The second-order valence-corrected chi connectivity index (χ2v) is 6.94. The summed E-state index contributed by atoms with van der Waals surface area (Å²) >= 11 is 0. The molecule has 4 rings (SSSR count). The Bertz CT molecular complexity index is 1030. The zero-order chi connectivity index (χ0) is 20.1. The average molecular weight is 383 g/mol. The standard InChI is InChI=1S/C23H21N5O/c24-15-17-4-3-5-19(14-17)26-20-8-11-22(25-16-20)23(29)27-18-6-9-21(10-7-18)28-12-1-2-13-28/h3-11,14,16,26H,1-2,12-13H2,(H,27,29). The molecular weight excluding hydrogens is 362 g/mol. The van der Waals surface area contributed by atoms with E-state index in [0.29, 0.717) is 11.3 Å². The molecule has 0 bridgehead atoms. The number of aromatic nitrogens is 1. The van der Waals surface area contributed by atoms with Gasteiger partial charge < -0.3 is 15.5 Å². The summed E-state index contributed by atoms with van der Waals surface area (Å²) in [5.41, 5.74) is 4.39. The predicted molar refractivity (Wildman–Crippen MR) is 115 cm³/mol. The molecule has 29 heavy (non-hydrogen) atoms. The maximum Gasteiger partial charge on any atom is 0.274 e. The van der Waals surface area contributed by atoms with Crippen LogP contribution in [0.4, 0.5) is 22.7 Å². The lowest BCUT2D eigenvalue weighted by molar-refractivity contribution is 0.102. The van der Waals surface area contributed by atoms with Gasteiger partial charge >= 0.3 is 0 Å². The van der Waals surface area contributed by atoms with E-state index in [0.717, 1.165) is 30.2 Å². The molecular formula is C23H21N5O. The molecule has 0 atom stereocenters. The second-order valence-electron chi connectivity index (χ2n) is 6.94. The van der Waals surface area contributed by atoms with Crippen molar-refractivity contribution >= 4 is 28.7 Å². The van der Waals surface area contributed by atoms with Crippen LogP contribution < -0.4 is 15.5 Å². The molecule has 3 aromatic rings. The van der Waals surface area contributed by atoms with Crippen molar-refractivity contribution in [2.24, 2.45) is 0 Å². The lowest BCUT2D eigenvalue weighted by Gasteiger charge is -2.17. The van der Waals surface area contributed by atoms with E-state index in [1.54, 1.807) is 30.5 Å². The van der Waals surface area contributed by atoms with Crippen LogP contribution in [0.15, 0.2) is 66.9 Å². The zero-order valence-electron chi connectivity index (χ0n) is 15.9. The highest BCUT2D eigenvalue weighted by Gasteiger charge is 2.13. The van der Waals surface area contributed by atoms with Crippen LogP contribution in [-0.2, 0) is 0 Å². The van der Waals surface area contributed by atoms with Gasteiger partial charge in [0.25, 0.3) is 5.91 Å². The van der Waals surface area contributed by atoms with Gasteiger partial charge in [-0.05, 0) is 67.4 Å². The quantitative estimate of drug-likeness (QED) is 0.676. The topological polar surface area (TPSA) is 81.0 Å². The third-order valence-corrected chi connectivity index (χ3v) is 4.87. The Balaban J connectivity index is 1.38. The SMILES string of the molecule is N#Cc1cccc(Nc2ccc(C(=O)Nc3ccc(N4CCCC4)cc3)nc2)c1. The Kier molecular flexibility index (Phi) is 5.39. The van der Waals surface area contributed by atoms with E-state index in [-0.39, 0.29) is 5.91 Å². The van der Waals surface area contributed by atoms with E-state index in [9.17, 15) is 4.79 Å². The number of carbonyl (C=O) groups is 1. The van der Waals surface area contributed by atoms with Gasteiger partial charge in [-0.3, -0.25) is 4.79 Å². The van der Waals surface area contributed by atoms with Gasteiger partial charge in [0.2, 0.25) is 0 Å². The number of hydrogen-bond acceptors (Lipinski definition) is 5. The number of anilines is 4. The fourth-order valence-corrected chi connectivity index (χ4v) is 3.36. The molecule has 1 aliphatic heterocycles. The lowest BCUT2D eigenvalue weighted by Crippen LogP contribution is -2.17. The van der Waals surface area contributed by atoms with Crippen molar-refractivity contribution in [3.05, 3.63) is 78.1 Å². The van der Waals surface area contributed by atoms with E-state index in [1.807, 2.05) is 36.4 Å². The van der Waals surface area contributed by atoms with Crippen molar-refractivity contribution in [2.45, 2.75) is 12.8 Å². The Labute approximate surface area is 169 Å². The van der Waals surface area contributed by atoms with Crippen LogP contribution in [0.2, 0.25) is 0 Å². The van der Waals surface area contributed by atoms with Gasteiger partial charge in [-0.15, -0.1) is 0 Å². The molecule has 6 nitrogen and oxygen atoms in total. The van der Waals surface area contributed by atoms with Gasteiger partial charge in [0.15, 0.2) is 0 Å². The molecule has 2 N–H and O–H groups in total. The highest BCUT2D eigenvalue weighted by molar-refractivity contribution is 6.03. The fraction of sp³-hybridized carbons (Fsp3) is 0.174. The Morgan fingerprint density at radius 2 is 1.72 bits per heavy atom. The molecule has 1 aliphatic rings. The number of benzene rings is 2. The first-order valence-electron chi connectivity index (χ1n) is 9.61. The van der Waals surface area contributed by atoms with E-state index >= 15 is 0 Å². The number of rotatable bonds is 5. The monoisotopic (exact) mass is 383 g/mol. The van der Waals surface area contributed by atoms with E-state index < -0.39 is 0 Å². The highest BCUT2D eigenvalue weighted by Crippen LogP contribution is 2.22. The Morgan fingerprint density at radius 3 is 2.41 bits per heavy atom. The van der Waals surface area contributed by atoms with Crippen molar-refractivity contribution < 1.29 is 4.79 Å². The summed E-state index contributed by atoms with van der Waals surface area (Å²) in [5, 5.41) is 15.0. The molecule has 0 saturated carbocycles. The minimum atomic E-state index is -0.253. The Hall–Kier alpha value is -3.85. The molecule has 0 spiro atoms. The van der Waals surface area contributed by atoms with Gasteiger partial charge in [-0.2, -0.15) is 5.26 Å². The molecule has 2 aromatic carbocycles. The molecule has 144 valence electrons. The Morgan fingerprint density at radius 1 is 0.966 bits per heavy atom. The number of carbonyl (C=O) groups excluding carboxylic acids is 1. The maximum absolute atomic E-state index is 12.5. The molecule has 1 saturated heterocycles. The number of nitrogens with zero attached hydrogens (tertiary/aromatic N) is 3. The number of amides is 1. The molecule has 6 heteroatoms. The first-order chi connectivity index (χ1) is 14.2.